The van der Waals surface area contributed by atoms with Crippen LogP contribution in [-0.2, 0) is 9.53 Å². The molecule has 0 saturated carbocycles. The van der Waals surface area contributed by atoms with E-state index in [0.29, 0.717) is 12.8 Å². The predicted molar refractivity (Wildman–Crippen MR) is 44.0 cm³/mol. The Morgan fingerprint density at radius 1 is 1.80 bits per heavy atom. The van der Waals surface area contributed by atoms with Gasteiger partial charge in [0, 0.05) is 13.5 Å². The minimum Gasteiger partial charge on any atom is -0.381 e. The molecule has 0 aromatic rings. The van der Waals surface area contributed by atoms with Crippen molar-refractivity contribution < 1.29 is 9.53 Å². The fraction of sp³-hybridized carbons (Fsp3) is 0.714. The molecule has 2 nitrogen and oxygen atoms in total. The monoisotopic (exact) mass is 161 g/mol. The minimum absolute atomic E-state index is 0.0875. The number of carbonyl (C=O) groups is 1. The number of hydrogen-bond donors (Lipinski definition) is 1. The fourth-order valence-electron chi connectivity index (χ4n) is 0.665. The standard InChI is InChI=1S/C7H13O2S/c1-3-6(9-2)4-5-7(8)10/h6H,1,3-5H2,2H3,(H,8,10). The Morgan fingerprint density at radius 3 is 2.70 bits per heavy atom. The van der Waals surface area contributed by atoms with Crippen molar-refractivity contribution in [1.82, 2.24) is 0 Å². The first kappa shape index (κ1) is 9.98. The Hall–Kier alpha value is -0.0200. The Kier molecular flexibility index (Phi) is 5.73. The second-order valence-electron chi connectivity index (χ2n) is 2.08. The van der Waals surface area contributed by atoms with Crippen LogP contribution in [-0.4, -0.2) is 18.3 Å². The number of ether oxygens (including phenoxy) is 1. The average Bonchev–Trinajstić information content (AvgIpc) is 1.90. The molecular weight excluding hydrogens is 148 g/mol. The molecule has 0 aliphatic heterocycles. The molecule has 0 aliphatic rings. The third kappa shape index (κ3) is 4.82. The summed E-state index contributed by atoms with van der Waals surface area (Å²) in [6.07, 6.45) is 2.01. The van der Waals surface area contributed by atoms with Crippen LogP contribution in [0.4, 0.5) is 0 Å². The van der Waals surface area contributed by atoms with Gasteiger partial charge in [0.2, 0.25) is 0 Å². The molecule has 0 aromatic heterocycles. The summed E-state index contributed by atoms with van der Waals surface area (Å²) in [5, 5.41) is -0.0875. The van der Waals surface area contributed by atoms with Gasteiger partial charge in [-0.2, -0.15) is 0 Å². The van der Waals surface area contributed by atoms with Crippen molar-refractivity contribution >= 4 is 17.7 Å². The van der Waals surface area contributed by atoms with E-state index >= 15 is 0 Å². The van der Waals surface area contributed by atoms with Gasteiger partial charge in [-0.15, -0.1) is 12.6 Å². The van der Waals surface area contributed by atoms with Crippen molar-refractivity contribution in [2.45, 2.75) is 25.4 Å². The van der Waals surface area contributed by atoms with E-state index in [0.717, 1.165) is 6.42 Å². The number of carbonyl (C=O) groups excluding carboxylic acids is 1. The van der Waals surface area contributed by atoms with Gasteiger partial charge in [-0.05, 0) is 12.8 Å². The van der Waals surface area contributed by atoms with E-state index in [1.165, 1.54) is 0 Å². The maximum Gasteiger partial charge on any atom is 0.186 e. The highest BCUT2D eigenvalue weighted by molar-refractivity contribution is 7.96. The summed E-state index contributed by atoms with van der Waals surface area (Å²) >= 11 is 3.64. The van der Waals surface area contributed by atoms with Crippen molar-refractivity contribution in [2.75, 3.05) is 7.11 Å². The van der Waals surface area contributed by atoms with Crippen LogP contribution in [0.15, 0.2) is 0 Å². The first-order chi connectivity index (χ1) is 4.70. The Morgan fingerprint density at radius 2 is 2.40 bits per heavy atom. The van der Waals surface area contributed by atoms with Crippen LogP contribution < -0.4 is 0 Å². The van der Waals surface area contributed by atoms with Gasteiger partial charge in [0.15, 0.2) is 5.12 Å². The number of hydrogen-bond acceptors (Lipinski definition) is 2. The summed E-state index contributed by atoms with van der Waals surface area (Å²) < 4.78 is 5.00. The number of thiol groups is 1. The van der Waals surface area contributed by atoms with Gasteiger partial charge in [-0.3, -0.25) is 4.79 Å². The molecule has 3 heteroatoms. The molecule has 0 aliphatic carbocycles. The van der Waals surface area contributed by atoms with Crippen LogP contribution in [0.25, 0.3) is 0 Å². The first-order valence-corrected chi connectivity index (χ1v) is 3.69. The van der Waals surface area contributed by atoms with Crippen LogP contribution in [0.1, 0.15) is 19.3 Å². The van der Waals surface area contributed by atoms with E-state index in [9.17, 15) is 4.79 Å². The van der Waals surface area contributed by atoms with Crippen molar-refractivity contribution in [3.63, 3.8) is 0 Å². The van der Waals surface area contributed by atoms with E-state index in [4.69, 9.17) is 4.74 Å². The van der Waals surface area contributed by atoms with Crippen molar-refractivity contribution in [1.29, 1.82) is 0 Å². The summed E-state index contributed by atoms with van der Waals surface area (Å²) in [7, 11) is 1.62. The molecule has 0 N–H and O–H groups in total. The van der Waals surface area contributed by atoms with Gasteiger partial charge in [-0.25, -0.2) is 0 Å². The lowest BCUT2D eigenvalue weighted by Gasteiger charge is -2.10. The molecule has 0 bridgehead atoms. The maximum absolute atomic E-state index is 10.4. The van der Waals surface area contributed by atoms with E-state index in [1.807, 2.05) is 0 Å². The third-order valence-corrected chi connectivity index (χ3v) is 1.56. The smallest absolute Gasteiger partial charge is 0.186 e. The molecule has 0 saturated heterocycles. The highest BCUT2D eigenvalue weighted by atomic mass is 32.1. The summed E-state index contributed by atoms with van der Waals surface area (Å²) in [5.74, 6) is 0. The molecule has 1 unspecified atom stereocenters. The molecule has 1 atom stereocenters. The minimum atomic E-state index is -0.0875. The van der Waals surface area contributed by atoms with Crippen molar-refractivity contribution in [3.05, 3.63) is 6.92 Å². The predicted octanol–water partition coefficient (Wildman–Crippen LogP) is 1.46. The molecule has 1 radical (unpaired) electrons. The Labute approximate surface area is 67.4 Å². The highest BCUT2D eigenvalue weighted by Crippen LogP contribution is 2.05. The van der Waals surface area contributed by atoms with Gasteiger partial charge < -0.3 is 4.74 Å². The molecule has 0 aromatic carbocycles. The van der Waals surface area contributed by atoms with E-state index < -0.39 is 0 Å². The molecule has 0 spiro atoms. The highest BCUT2D eigenvalue weighted by Gasteiger charge is 2.04. The van der Waals surface area contributed by atoms with Gasteiger partial charge in [0.05, 0.1) is 6.10 Å². The lowest BCUT2D eigenvalue weighted by atomic mass is 10.1. The third-order valence-electron chi connectivity index (χ3n) is 1.34. The number of rotatable bonds is 5. The average molecular weight is 161 g/mol. The first-order valence-electron chi connectivity index (χ1n) is 3.24. The van der Waals surface area contributed by atoms with Crippen LogP contribution in [0.3, 0.4) is 0 Å². The quantitative estimate of drug-likeness (QED) is 0.618. The molecule has 0 heterocycles. The lowest BCUT2D eigenvalue weighted by Crippen LogP contribution is -2.09. The van der Waals surface area contributed by atoms with Crippen molar-refractivity contribution in [3.8, 4) is 0 Å². The van der Waals surface area contributed by atoms with Crippen LogP contribution in [0.2, 0.25) is 0 Å². The second-order valence-corrected chi connectivity index (χ2v) is 2.58. The second kappa shape index (κ2) is 5.74. The largest absolute Gasteiger partial charge is 0.381 e. The molecule has 0 rings (SSSR count). The van der Waals surface area contributed by atoms with Crippen LogP contribution >= 0.6 is 12.6 Å². The van der Waals surface area contributed by atoms with Crippen LogP contribution in [0.5, 0.6) is 0 Å². The zero-order valence-corrected chi connectivity index (χ0v) is 7.06. The summed E-state index contributed by atoms with van der Waals surface area (Å²) in [4.78, 5) is 10.4. The normalized spacial score (nSPS) is 13.1. The van der Waals surface area contributed by atoms with Crippen LogP contribution in [0, 0.1) is 6.92 Å². The molecule has 0 amide bonds. The fourth-order valence-corrected chi connectivity index (χ4v) is 0.794. The molecular formula is C7H13O2S. The molecule has 0 fully saturated rings. The van der Waals surface area contributed by atoms with Gasteiger partial charge in [0.25, 0.3) is 0 Å². The molecule has 10 heavy (non-hydrogen) atoms. The lowest BCUT2D eigenvalue weighted by molar-refractivity contribution is -0.111. The maximum atomic E-state index is 10.4. The zero-order chi connectivity index (χ0) is 7.98. The number of methoxy groups -OCH3 is 1. The Balaban J connectivity index is 3.34. The van der Waals surface area contributed by atoms with Crippen molar-refractivity contribution in [2.24, 2.45) is 0 Å². The van der Waals surface area contributed by atoms with E-state index in [-0.39, 0.29) is 11.2 Å². The van der Waals surface area contributed by atoms with Gasteiger partial charge in [0.1, 0.15) is 0 Å². The topological polar surface area (TPSA) is 26.3 Å². The van der Waals surface area contributed by atoms with E-state index in [2.05, 4.69) is 19.6 Å². The summed E-state index contributed by atoms with van der Waals surface area (Å²) in [5.41, 5.74) is 0. The van der Waals surface area contributed by atoms with Gasteiger partial charge >= 0.3 is 0 Å². The Bertz CT molecular complexity index is 99.8. The zero-order valence-electron chi connectivity index (χ0n) is 6.17. The SMILES string of the molecule is [CH2]CC(CCC(=O)S)OC. The van der Waals surface area contributed by atoms with E-state index in [1.54, 1.807) is 7.11 Å². The summed E-state index contributed by atoms with van der Waals surface area (Å²) in [6.45, 7) is 3.67. The summed E-state index contributed by atoms with van der Waals surface area (Å²) in [6, 6.07) is 0. The van der Waals surface area contributed by atoms with Gasteiger partial charge in [-0.1, -0.05) is 6.92 Å². The molecule has 59 valence electrons.